The van der Waals surface area contributed by atoms with Gasteiger partial charge >= 0.3 is 0 Å². The molecule has 1 amide bonds. The van der Waals surface area contributed by atoms with E-state index >= 15 is 0 Å². The maximum Gasteiger partial charge on any atom is 0.243 e. The summed E-state index contributed by atoms with van der Waals surface area (Å²) in [5, 5.41) is 0. The molecule has 1 aliphatic carbocycles. The number of Topliss-reactive ketones (excluding diaryl/α,β-unsaturated/α-hetero) is 1. The minimum Gasteiger partial charge on any atom is -0.339 e. The number of nitrogens with zero attached hydrogens (tertiary/aromatic N) is 2. The molecule has 2 aliphatic heterocycles. The lowest BCUT2D eigenvalue weighted by atomic mass is 9.77. The van der Waals surface area contributed by atoms with Gasteiger partial charge in [0.05, 0.1) is 4.90 Å². The highest BCUT2D eigenvalue weighted by molar-refractivity contribution is 7.89. The Hall–Kier alpha value is -1.73. The quantitative estimate of drug-likeness (QED) is 0.683. The van der Waals surface area contributed by atoms with E-state index < -0.39 is 10.0 Å². The first-order valence-electron chi connectivity index (χ1n) is 11.3. The molecule has 0 radical (unpaired) electrons. The lowest BCUT2D eigenvalue weighted by molar-refractivity contribution is -0.143. The molecular weight excluding hydrogens is 400 g/mol. The number of hydrogen-bond acceptors (Lipinski definition) is 4. The maximum atomic E-state index is 13.3. The van der Waals surface area contributed by atoms with E-state index in [4.69, 9.17) is 0 Å². The predicted molar refractivity (Wildman–Crippen MR) is 115 cm³/mol. The average molecular weight is 433 g/mol. The zero-order valence-corrected chi connectivity index (χ0v) is 18.6. The van der Waals surface area contributed by atoms with Crippen molar-refractivity contribution in [2.24, 2.45) is 11.8 Å². The van der Waals surface area contributed by atoms with Gasteiger partial charge in [-0.2, -0.15) is 4.31 Å². The second-order valence-electron chi connectivity index (χ2n) is 9.05. The van der Waals surface area contributed by atoms with Crippen molar-refractivity contribution in [2.75, 3.05) is 19.6 Å². The molecule has 0 aromatic heterocycles. The summed E-state index contributed by atoms with van der Waals surface area (Å²) in [6.07, 6.45) is 8.32. The zero-order valence-electron chi connectivity index (χ0n) is 17.8. The molecule has 1 aromatic carbocycles. The highest BCUT2D eigenvalue weighted by atomic mass is 32.2. The van der Waals surface area contributed by atoms with Crippen molar-refractivity contribution in [1.82, 2.24) is 9.21 Å². The van der Waals surface area contributed by atoms with Crippen molar-refractivity contribution >= 4 is 21.7 Å². The molecule has 0 N–H and O–H groups in total. The first kappa shape index (κ1) is 21.5. The Morgan fingerprint density at radius 1 is 0.933 bits per heavy atom. The number of carbonyl (C=O) groups is 2. The van der Waals surface area contributed by atoms with Crippen LogP contribution in [0.25, 0.3) is 0 Å². The van der Waals surface area contributed by atoms with Gasteiger partial charge in [0, 0.05) is 37.2 Å². The summed E-state index contributed by atoms with van der Waals surface area (Å²) in [7, 11) is -3.65. The maximum absolute atomic E-state index is 13.3. The third-order valence-corrected chi connectivity index (χ3v) is 9.10. The highest BCUT2D eigenvalue weighted by Gasteiger charge is 2.40. The SMILES string of the molecule is CC(=O)c1cccc(S(=O)(=O)N2CCC(C(=O)N3CCC[C@@H]4CCCC[C@H]43)CC2)c1. The second kappa shape index (κ2) is 8.79. The lowest BCUT2D eigenvalue weighted by Crippen LogP contribution is -2.53. The van der Waals surface area contributed by atoms with Gasteiger partial charge in [0.15, 0.2) is 5.78 Å². The van der Waals surface area contributed by atoms with Gasteiger partial charge in [-0.3, -0.25) is 9.59 Å². The van der Waals surface area contributed by atoms with Gasteiger partial charge in [0.2, 0.25) is 15.9 Å². The smallest absolute Gasteiger partial charge is 0.243 e. The van der Waals surface area contributed by atoms with Crippen LogP contribution in [0.1, 0.15) is 68.6 Å². The number of hydrogen-bond donors (Lipinski definition) is 0. The average Bonchev–Trinajstić information content (AvgIpc) is 2.78. The summed E-state index contributed by atoms with van der Waals surface area (Å²) in [6.45, 7) is 2.99. The van der Waals surface area contributed by atoms with Gasteiger partial charge in [0.1, 0.15) is 0 Å². The van der Waals surface area contributed by atoms with Gasteiger partial charge in [0.25, 0.3) is 0 Å². The molecule has 164 valence electrons. The topological polar surface area (TPSA) is 74.8 Å². The van der Waals surface area contributed by atoms with Crippen LogP contribution in [0.2, 0.25) is 0 Å². The summed E-state index contributed by atoms with van der Waals surface area (Å²) >= 11 is 0. The molecule has 2 atom stereocenters. The Balaban J connectivity index is 1.41. The van der Waals surface area contributed by atoms with E-state index in [1.54, 1.807) is 12.1 Å². The van der Waals surface area contributed by atoms with E-state index in [0.717, 1.165) is 19.4 Å². The molecule has 6 nitrogen and oxygen atoms in total. The molecule has 1 aromatic rings. The van der Waals surface area contributed by atoms with E-state index in [-0.39, 0.29) is 22.5 Å². The summed E-state index contributed by atoms with van der Waals surface area (Å²) in [6, 6.07) is 6.62. The number of ketones is 1. The van der Waals surface area contributed by atoms with Gasteiger partial charge in [-0.15, -0.1) is 0 Å². The Morgan fingerprint density at radius 3 is 2.37 bits per heavy atom. The summed E-state index contributed by atoms with van der Waals surface area (Å²) in [5.41, 5.74) is 0.397. The second-order valence-corrected chi connectivity index (χ2v) is 11.0. The number of fused-ring (bicyclic) bond motifs is 1. The normalized spacial score (nSPS) is 26.2. The van der Waals surface area contributed by atoms with Crippen LogP contribution in [0.4, 0.5) is 0 Å². The van der Waals surface area contributed by atoms with E-state index in [0.29, 0.717) is 43.5 Å². The van der Waals surface area contributed by atoms with Crippen molar-refractivity contribution in [3.05, 3.63) is 29.8 Å². The Bertz CT molecular complexity index is 904. The molecule has 1 saturated carbocycles. The van der Waals surface area contributed by atoms with Crippen LogP contribution in [-0.2, 0) is 14.8 Å². The molecule has 4 rings (SSSR count). The molecule has 0 unspecified atom stereocenters. The summed E-state index contributed by atoms with van der Waals surface area (Å²) in [5.74, 6) is 0.660. The lowest BCUT2D eigenvalue weighted by Gasteiger charge is -2.46. The molecule has 30 heavy (non-hydrogen) atoms. The molecule has 2 heterocycles. The minimum atomic E-state index is -3.65. The fourth-order valence-electron chi connectivity index (χ4n) is 5.50. The monoisotopic (exact) mass is 432 g/mol. The number of carbonyl (C=O) groups excluding carboxylic acids is 2. The summed E-state index contributed by atoms with van der Waals surface area (Å²) < 4.78 is 27.6. The minimum absolute atomic E-state index is 0.0827. The van der Waals surface area contributed by atoms with E-state index in [2.05, 4.69) is 4.90 Å². The molecule has 2 saturated heterocycles. The number of benzene rings is 1. The molecule has 0 bridgehead atoms. The number of piperidine rings is 2. The number of amides is 1. The van der Waals surface area contributed by atoms with Gasteiger partial charge in [-0.1, -0.05) is 25.0 Å². The van der Waals surface area contributed by atoms with Crippen LogP contribution >= 0.6 is 0 Å². The first-order chi connectivity index (χ1) is 14.4. The van der Waals surface area contributed by atoms with Crippen LogP contribution in [0.3, 0.4) is 0 Å². The summed E-state index contributed by atoms with van der Waals surface area (Å²) in [4.78, 5) is 27.2. The third kappa shape index (κ3) is 4.19. The molecule has 3 fully saturated rings. The molecule has 0 spiro atoms. The zero-order chi connectivity index (χ0) is 21.3. The number of sulfonamides is 1. The largest absolute Gasteiger partial charge is 0.339 e. The third-order valence-electron chi connectivity index (χ3n) is 7.21. The Kier molecular flexibility index (Phi) is 6.30. The van der Waals surface area contributed by atoms with Gasteiger partial charge in [-0.25, -0.2) is 8.42 Å². The number of rotatable bonds is 4. The first-order valence-corrected chi connectivity index (χ1v) is 12.7. The van der Waals surface area contributed by atoms with Crippen molar-refractivity contribution in [1.29, 1.82) is 0 Å². The van der Waals surface area contributed by atoms with Crippen LogP contribution in [0.5, 0.6) is 0 Å². The van der Waals surface area contributed by atoms with Gasteiger partial charge in [-0.05, 0) is 63.5 Å². The van der Waals surface area contributed by atoms with Crippen molar-refractivity contribution in [3.63, 3.8) is 0 Å². The van der Waals surface area contributed by atoms with E-state index in [1.165, 1.54) is 49.0 Å². The number of likely N-dealkylation sites (tertiary alicyclic amines) is 1. The van der Waals surface area contributed by atoms with Crippen molar-refractivity contribution in [3.8, 4) is 0 Å². The highest BCUT2D eigenvalue weighted by Crippen LogP contribution is 2.37. The van der Waals surface area contributed by atoms with Crippen molar-refractivity contribution in [2.45, 2.75) is 69.2 Å². The van der Waals surface area contributed by atoms with Crippen LogP contribution < -0.4 is 0 Å². The standard InChI is InChI=1S/C23H32N2O4S/c1-17(26)20-7-4-9-21(16-20)30(28,29)24-14-11-19(12-15-24)23(27)25-13-5-8-18-6-2-3-10-22(18)25/h4,7,9,16,18-19,22H,2-3,5-6,8,10-15H2,1H3/t18-,22+/m0/s1. The fraction of sp³-hybridized carbons (Fsp3) is 0.652. The van der Waals surface area contributed by atoms with Gasteiger partial charge < -0.3 is 4.90 Å². The van der Waals surface area contributed by atoms with Crippen LogP contribution in [-0.4, -0.2) is 55.0 Å². The predicted octanol–water partition coefficient (Wildman–Crippen LogP) is 3.47. The fourth-order valence-corrected chi connectivity index (χ4v) is 7.02. The van der Waals surface area contributed by atoms with E-state index in [9.17, 15) is 18.0 Å². The van der Waals surface area contributed by atoms with Crippen molar-refractivity contribution < 1.29 is 18.0 Å². The Morgan fingerprint density at radius 2 is 1.63 bits per heavy atom. The Labute approximate surface area is 179 Å². The molecule has 3 aliphatic rings. The van der Waals surface area contributed by atoms with E-state index in [1.807, 2.05) is 0 Å². The van der Waals surface area contributed by atoms with Crippen LogP contribution in [0.15, 0.2) is 29.2 Å². The van der Waals surface area contributed by atoms with Crippen LogP contribution in [0, 0.1) is 11.8 Å². The molecule has 7 heteroatoms. The molecular formula is C23H32N2O4S.